The number of phenols is 2. The fraction of sp³-hybridized carbons (Fsp3) is 0.483. The van der Waals surface area contributed by atoms with Crippen molar-refractivity contribution in [3.8, 4) is 17.2 Å². The van der Waals surface area contributed by atoms with E-state index in [0.29, 0.717) is 6.54 Å². The summed E-state index contributed by atoms with van der Waals surface area (Å²) in [6.45, 7) is 3.13. The number of hydrogen-bond donors (Lipinski definition) is 7. The summed E-state index contributed by atoms with van der Waals surface area (Å²) in [6, 6.07) is 3.77. The molecule has 4 unspecified atom stereocenters. The number of hydrogen-bond acceptors (Lipinski definition) is 13. The topological polar surface area (TPSA) is 213 Å². The van der Waals surface area contributed by atoms with E-state index < -0.39 is 77.0 Å². The van der Waals surface area contributed by atoms with Gasteiger partial charge in [0.1, 0.15) is 22.8 Å². The van der Waals surface area contributed by atoms with E-state index in [0.717, 1.165) is 0 Å². The average molecular weight is 586 g/mol. The molecule has 2 aliphatic carbocycles. The Morgan fingerprint density at radius 2 is 1.90 bits per heavy atom. The summed E-state index contributed by atoms with van der Waals surface area (Å²) in [5, 5.41) is 59.5. The summed E-state index contributed by atoms with van der Waals surface area (Å²) in [5.74, 6) is -2.53. The van der Waals surface area contributed by atoms with Gasteiger partial charge in [0.25, 0.3) is 0 Å². The standard InChI is InChI=1S/C29H35N3O10/c1-4-31-32-18(11-33)29(39)9-14-21(17(10-29)42-19-8-15(30)24(34)12(2)41-19)28(38)23-22(26(14)36)25(35)13-6-5-7-16(40-3)20(13)27(23)37/h5-7,12,15,17,19,24,31,33-34,36,38-39H,4,8-11,30H2,1-3H3/b32-18+/t12?,15?,17-,19?,24?,29-/m0/s1. The number of nitrogens with zero attached hydrogens (tertiary/aromatic N) is 1. The first-order chi connectivity index (χ1) is 20.0. The molecule has 13 nitrogen and oxygen atoms in total. The molecule has 42 heavy (non-hydrogen) atoms. The number of fused-ring (bicyclic) bond motifs is 3. The Hall–Kier alpha value is -3.59. The molecule has 0 radical (unpaired) electrons. The lowest BCUT2D eigenvalue weighted by molar-refractivity contribution is -0.245. The zero-order chi connectivity index (χ0) is 30.5. The second-order valence-corrected chi connectivity index (χ2v) is 10.8. The lowest BCUT2D eigenvalue weighted by Gasteiger charge is -2.43. The number of hydrazone groups is 1. The molecule has 0 amide bonds. The number of nitrogens with one attached hydrogen (secondary N) is 1. The average Bonchev–Trinajstić information content (AvgIpc) is 2.96. The van der Waals surface area contributed by atoms with Gasteiger partial charge < -0.3 is 50.9 Å². The molecular formula is C29H35N3O10. The predicted octanol–water partition coefficient (Wildman–Crippen LogP) is 0.398. The van der Waals surface area contributed by atoms with Crippen LogP contribution in [0.3, 0.4) is 0 Å². The molecule has 8 N–H and O–H groups in total. The molecule has 5 rings (SSSR count). The van der Waals surface area contributed by atoms with Crippen molar-refractivity contribution in [1.82, 2.24) is 5.43 Å². The minimum Gasteiger partial charge on any atom is -0.507 e. The van der Waals surface area contributed by atoms with Gasteiger partial charge in [0.15, 0.2) is 12.1 Å². The van der Waals surface area contributed by atoms with Gasteiger partial charge >= 0.3 is 0 Å². The van der Waals surface area contributed by atoms with Crippen molar-refractivity contribution in [1.29, 1.82) is 0 Å². The molecule has 1 heterocycles. The van der Waals surface area contributed by atoms with Gasteiger partial charge in [0, 0.05) is 48.5 Å². The van der Waals surface area contributed by atoms with Gasteiger partial charge in [0.2, 0.25) is 5.78 Å². The number of aromatic hydroxyl groups is 2. The molecule has 0 spiro atoms. The molecule has 6 atom stereocenters. The highest BCUT2D eigenvalue weighted by atomic mass is 16.7. The van der Waals surface area contributed by atoms with Crippen LogP contribution in [0.25, 0.3) is 0 Å². The van der Waals surface area contributed by atoms with E-state index in [1.807, 2.05) is 0 Å². The van der Waals surface area contributed by atoms with Crippen molar-refractivity contribution in [2.24, 2.45) is 10.8 Å². The summed E-state index contributed by atoms with van der Waals surface area (Å²) >= 11 is 0. The minimum atomic E-state index is -1.91. The summed E-state index contributed by atoms with van der Waals surface area (Å²) in [7, 11) is 1.35. The largest absolute Gasteiger partial charge is 0.507 e. The highest BCUT2D eigenvalue weighted by Crippen LogP contribution is 2.52. The van der Waals surface area contributed by atoms with E-state index in [4.69, 9.17) is 19.9 Å². The lowest BCUT2D eigenvalue weighted by Crippen LogP contribution is -2.53. The third kappa shape index (κ3) is 4.71. The van der Waals surface area contributed by atoms with Crippen LogP contribution in [-0.2, 0) is 15.9 Å². The summed E-state index contributed by atoms with van der Waals surface area (Å²) in [5.41, 5.74) is 5.85. The number of aliphatic hydroxyl groups excluding tert-OH is 2. The minimum absolute atomic E-state index is 0.0118. The molecule has 1 aliphatic heterocycles. The number of phenolic OH excluding ortho intramolecular Hbond substituents is 2. The molecule has 0 aromatic heterocycles. The van der Waals surface area contributed by atoms with Crippen LogP contribution in [0.1, 0.15) is 75.8 Å². The van der Waals surface area contributed by atoms with E-state index in [9.17, 15) is 35.1 Å². The molecule has 1 saturated heterocycles. The molecule has 1 fully saturated rings. The maximum absolute atomic E-state index is 13.8. The zero-order valence-electron chi connectivity index (χ0n) is 23.5. The molecule has 0 saturated carbocycles. The van der Waals surface area contributed by atoms with E-state index >= 15 is 0 Å². The Morgan fingerprint density at radius 3 is 2.55 bits per heavy atom. The Kier molecular flexibility index (Phi) is 8.00. The van der Waals surface area contributed by atoms with Crippen LogP contribution in [0.5, 0.6) is 17.2 Å². The molecule has 226 valence electrons. The quantitative estimate of drug-likeness (QED) is 0.114. The van der Waals surface area contributed by atoms with Crippen molar-refractivity contribution in [3.05, 3.63) is 51.6 Å². The van der Waals surface area contributed by atoms with Crippen LogP contribution in [0, 0.1) is 0 Å². The lowest BCUT2D eigenvalue weighted by atomic mass is 9.71. The normalized spacial score (nSPS) is 29.0. The second kappa shape index (κ2) is 11.2. The van der Waals surface area contributed by atoms with Crippen LogP contribution in [0.15, 0.2) is 23.3 Å². The maximum Gasteiger partial charge on any atom is 0.202 e. The van der Waals surface area contributed by atoms with Crippen molar-refractivity contribution in [2.45, 2.75) is 69.4 Å². The molecule has 3 aliphatic rings. The third-order valence-electron chi connectivity index (χ3n) is 8.20. The number of aliphatic hydroxyl groups is 3. The number of carbonyl (C=O) groups is 2. The molecule has 2 aromatic carbocycles. The molecule has 0 bridgehead atoms. The summed E-state index contributed by atoms with van der Waals surface area (Å²) in [4.78, 5) is 27.5. The van der Waals surface area contributed by atoms with Gasteiger partial charge in [-0.05, 0) is 19.9 Å². The van der Waals surface area contributed by atoms with Gasteiger partial charge in [-0.15, -0.1) is 0 Å². The third-order valence-corrected chi connectivity index (χ3v) is 8.20. The summed E-state index contributed by atoms with van der Waals surface area (Å²) in [6.07, 6.45) is -4.45. The fourth-order valence-electron chi connectivity index (χ4n) is 6.07. The predicted molar refractivity (Wildman–Crippen MR) is 148 cm³/mol. The van der Waals surface area contributed by atoms with Crippen molar-refractivity contribution in [3.63, 3.8) is 0 Å². The van der Waals surface area contributed by atoms with Crippen LogP contribution in [0.4, 0.5) is 0 Å². The number of benzene rings is 2. The first kappa shape index (κ1) is 29.9. The van der Waals surface area contributed by atoms with Crippen LogP contribution < -0.4 is 15.9 Å². The number of methoxy groups -OCH3 is 1. The van der Waals surface area contributed by atoms with E-state index in [1.54, 1.807) is 13.8 Å². The van der Waals surface area contributed by atoms with E-state index in [1.165, 1.54) is 25.3 Å². The Labute approximate surface area is 241 Å². The van der Waals surface area contributed by atoms with Gasteiger partial charge in [-0.3, -0.25) is 9.59 Å². The number of ketones is 2. The van der Waals surface area contributed by atoms with Crippen molar-refractivity contribution in [2.75, 3.05) is 20.3 Å². The van der Waals surface area contributed by atoms with Crippen LogP contribution in [0.2, 0.25) is 0 Å². The van der Waals surface area contributed by atoms with Gasteiger partial charge in [-0.2, -0.15) is 5.10 Å². The highest BCUT2D eigenvalue weighted by Gasteiger charge is 2.49. The maximum atomic E-state index is 13.8. The first-order valence-electron chi connectivity index (χ1n) is 13.7. The van der Waals surface area contributed by atoms with Gasteiger partial charge in [-0.1, -0.05) is 12.1 Å². The monoisotopic (exact) mass is 585 g/mol. The van der Waals surface area contributed by atoms with Gasteiger partial charge in [-0.25, -0.2) is 0 Å². The second-order valence-electron chi connectivity index (χ2n) is 10.8. The molecular weight excluding hydrogens is 550 g/mol. The van der Waals surface area contributed by atoms with E-state index in [2.05, 4.69) is 10.5 Å². The number of nitrogens with two attached hydrogens (primary N) is 1. The first-order valence-corrected chi connectivity index (χ1v) is 13.7. The fourth-order valence-corrected chi connectivity index (χ4v) is 6.07. The van der Waals surface area contributed by atoms with Crippen molar-refractivity contribution >= 4 is 17.3 Å². The highest BCUT2D eigenvalue weighted by molar-refractivity contribution is 6.31. The van der Waals surface area contributed by atoms with Crippen molar-refractivity contribution < 1.29 is 49.3 Å². The SMILES string of the molecule is CCN/N=C(\CO)[C@]1(O)Cc2c(O)c3c(c(O)c2[C@@H](OC2CC(N)C(O)C(C)O2)C1)C(=O)c1c(OC)cccc1C3=O. The Balaban J connectivity index is 1.69. The molecule has 2 aromatic rings. The van der Waals surface area contributed by atoms with Crippen LogP contribution in [-0.4, -0.2) is 93.2 Å². The molecule has 13 heteroatoms. The zero-order valence-corrected chi connectivity index (χ0v) is 23.5. The van der Waals surface area contributed by atoms with Gasteiger partial charge in [0.05, 0.1) is 54.4 Å². The Morgan fingerprint density at radius 1 is 1.19 bits per heavy atom. The number of rotatable bonds is 7. The summed E-state index contributed by atoms with van der Waals surface area (Å²) < 4.78 is 17.3. The number of ether oxygens (including phenoxy) is 3. The van der Waals surface area contributed by atoms with Crippen LogP contribution >= 0.6 is 0 Å². The Bertz CT molecular complexity index is 1450. The smallest absolute Gasteiger partial charge is 0.202 e. The van der Waals surface area contributed by atoms with E-state index in [-0.39, 0.29) is 53.0 Å². The number of carbonyl (C=O) groups excluding carboxylic acids is 2.